The van der Waals surface area contributed by atoms with E-state index < -0.39 is 0 Å². The molecule has 0 radical (unpaired) electrons. The average Bonchev–Trinajstić information content (AvgIpc) is 3.35. The average molecular weight is 349 g/mol. The number of anilines is 1. The lowest BCUT2D eigenvalue weighted by Crippen LogP contribution is -2.07. The van der Waals surface area contributed by atoms with E-state index in [1.54, 1.807) is 12.3 Å². The fraction of sp³-hybridized carbons (Fsp3) is 0.294. The predicted octanol–water partition coefficient (Wildman–Crippen LogP) is 2.16. The number of rotatable bonds is 2. The van der Waals surface area contributed by atoms with Gasteiger partial charge in [0.05, 0.1) is 16.3 Å². The Balaban J connectivity index is 1.75. The topological polar surface area (TPSA) is 136 Å². The number of hydrogen-bond acceptors (Lipinski definition) is 8. The van der Waals surface area contributed by atoms with Crippen molar-refractivity contribution in [2.75, 3.05) is 5.73 Å². The lowest BCUT2D eigenvalue weighted by atomic mass is 9.98. The van der Waals surface area contributed by atoms with Gasteiger partial charge in [-0.25, -0.2) is 10.1 Å². The number of H-pyrrole nitrogens is 1. The van der Waals surface area contributed by atoms with Crippen LogP contribution in [-0.2, 0) is 0 Å². The Bertz CT molecular complexity index is 1180. The van der Waals surface area contributed by atoms with E-state index in [2.05, 4.69) is 30.6 Å². The van der Waals surface area contributed by atoms with Crippen molar-refractivity contribution in [2.45, 2.75) is 31.6 Å². The summed E-state index contributed by atoms with van der Waals surface area (Å²) in [5.74, 6) is 0.970. The number of fused-ring (bicyclic) bond motifs is 2. The van der Waals surface area contributed by atoms with Gasteiger partial charge in [0.2, 0.25) is 16.9 Å². The summed E-state index contributed by atoms with van der Waals surface area (Å²) in [7, 11) is 0. The Labute approximate surface area is 146 Å². The van der Waals surface area contributed by atoms with E-state index in [0.717, 1.165) is 18.4 Å². The van der Waals surface area contributed by atoms with Gasteiger partial charge >= 0.3 is 0 Å². The van der Waals surface area contributed by atoms with Crippen LogP contribution < -0.4 is 11.2 Å². The summed E-state index contributed by atoms with van der Waals surface area (Å²) in [5, 5.41) is 14.3. The van der Waals surface area contributed by atoms with Gasteiger partial charge in [-0.05, 0) is 46.9 Å². The molecule has 26 heavy (non-hydrogen) atoms. The van der Waals surface area contributed by atoms with Crippen LogP contribution in [0.25, 0.3) is 33.6 Å². The minimum atomic E-state index is -0.185. The molecular formula is C17H15N7O2. The van der Waals surface area contributed by atoms with Crippen LogP contribution in [0.5, 0.6) is 0 Å². The molecule has 9 nitrogen and oxygen atoms in total. The molecule has 5 rings (SSSR count). The summed E-state index contributed by atoms with van der Waals surface area (Å²) in [6, 6.07) is 3.50. The molecule has 1 saturated carbocycles. The number of nitrogens with two attached hydrogens (primary N) is 1. The van der Waals surface area contributed by atoms with E-state index in [1.807, 2.05) is 6.07 Å². The number of tetrazole rings is 1. The van der Waals surface area contributed by atoms with Crippen LogP contribution in [0.1, 0.15) is 37.2 Å². The Morgan fingerprint density at radius 2 is 1.96 bits per heavy atom. The molecule has 1 fully saturated rings. The van der Waals surface area contributed by atoms with Crippen LogP contribution in [0.2, 0.25) is 0 Å². The summed E-state index contributed by atoms with van der Waals surface area (Å²) in [6.45, 7) is 0. The molecule has 0 aromatic carbocycles. The van der Waals surface area contributed by atoms with Crippen LogP contribution in [0.4, 0.5) is 5.82 Å². The Morgan fingerprint density at radius 1 is 1.15 bits per heavy atom. The summed E-state index contributed by atoms with van der Waals surface area (Å²) >= 11 is 0. The highest BCUT2D eigenvalue weighted by Gasteiger charge is 2.20. The van der Waals surface area contributed by atoms with Crippen LogP contribution >= 0.6 is 0 Å². The quantitative estimate of drug-likeness (QED) is 0.525. The van der Waals surface area contributed by atoms with Crippen LogP contribution in [-0.4, -0.2) is 30.6 Å². The van der Waals surface area contributed by atoms with Crippen molar-refractivity contribution in [2.24, 2.45) is 0 Å². The summed E-state index contributed by atoms with van der Waals surface area (Å²) in [4.78, 5) is 21.6. The van der Waals surface area contributed by atoms with Crippen molar-refractivity contribution in [3.63, 3.8) is 0 Å². The molecule has 4 aromatic heterocycles. The van der Waals surface area contributed by atoms with E-state index in [4.69, 9.17) is 10.2 Å². The van der Waals surface area contributed by atoms with Crippen LogP contribution in [0.3, 0.4) is 0 Å². The highest BCUT2D eigenvalue weighted by Crippen LogP contribution is 2.34. The second-order valence-corrected chi connectivity index (χ2v) is 6.56. The number of nitrogens with zero attached hydrogens (tertiary/aromatic N) is 5. The van der Waals surface area contributed by atoms with Crippen molar-refractivity contribution < 1.29 is 4.42 Å². The fourth-order valence-corrected chi connectivity index (χ4v) is 3.64. The zero-order valence-corrected chi connectivity index (χ0v) is 13.8. The van der Waals surface area contributed by atoms with Gasteiger partial charge in [-0.1, -0.05) is 12.8 Å². The van der Waals surface area contributed by atoms with Crippen molar-refractivity contribution in [1.29, 1.82) is 0 Å². The summed E-state index contributed by atoms with van der Waals surface area (Å²) in [5.41, 5.74) is 7.74. The first-order valence-electron chi connectivity index (χ1n) is 8.48. The van der Waals surface area contributed by atoms with E-state index in [0.29, 0.717) is 28.1 Å². The van der Waals surface area contributed by atoms with Crippen LogP contribution in [0, 0.1) is 0 Å². The minimum absolute atomic E-state index is 0.150. The van der Waals surface area contributed by atoms with Gasteiger partial charge in [0.15, 0.2) is 5.82 Å². The molecule has 3 N–H and O–H groups in total. The van der Waals surface area contributed by atoms with Gasteiger partial charge in [-0.3, -0.25) is 4.79 Å². The number of aromatic nitrogens is 6. The second kappa shape index (κ2) is 5.58. The van der Waals surface area contributed by atoms with Crippen molar-refractivity contribution in [1.82, 2.24) is 30.6 Å². The predicted molar refractivity (Wildman–Crippen MR) is 94.4 cm³/mol. The third kappa shape index (κ3) is 2.24. The van der Waals surface area contributed by atoms with Gasteiger partial charge in [0.1, 0.15) is 5.82 Å². The number of nitrogens with one attached hydrogen (secondary N) is 1. The zero-order valence-electron chi connectivity index (χ0n) is 13.8. The van der Waals surface area contributed by atoms with Crippen molar-refractivity contribution >= 4 is 28.0 Å². The number of nitrogen functional groups attached to an aromatic ring is 1. The first-order chi connectivity index (χ1) is 12.7. The number of pyridine rings is 2. The van der Waals surface area contributed by atoms with E-state index in [1.165, 1.54) is 12.8 Å². The molecule has 0 spiro atoms. The highest BCUT2D eigenvalue weighted by molar-refractivity contribution is 5.90. The molecule has 0 atom stereocenters. The molecule has 0 amide bonds. The first-order valence-corrected chi connectivity index (χ1v) is 8.48. The standard InChI is InChI=1S/C17H15N7O2/c18-14-12(15-21-23-24-22-15)6-11-13(25)10-5-9(8-3-1-2-4-8)7-19-16(10)26-17(11)20-14/h5-8H,1-4H2,(H2,18,20)(H,21,22,23,24). The molecule has 0 aliphatic heterocycles. The maximum absolute atomic E-state index is 13.0. The van der Waals surface area contributed by atoms with Crippen LogP contribution in [0.15, 0.2) is 27.5 Å². The van der Waals surface area contributed by atoms with Crippen molar-refractivity contribution in [3.8, 4) is 11.4 Å². The molecule has 130 valence electrons. The first kappa shape index (κ1) is 14.9. The maximum atomic E-state index is 13.0. The molecule has 1 aliphatic rings. The SMILES string of the molecule is Nc1nc2oc3ncc(C4CCCC4)cc3c(=O)c2cc1-c1nnn[nH]1. The molecule has 4 aromatic rings. The summed E-state index contributed by atoms with van der Waals surface area (Å²) < 4.78 is 5.73. The maximum Gasteiger partial charge on any atom is 0.234 e. The van der Waals surface area contributed by atoms with E-state index in [-0.39, 0.29) is 22.7 Å². The molecule has 0 unspecified atom stereocenters. The van der Waals surface area contributed by atoms with Gasteiger partial charge in [-0.2, -0.15) is 4.98 Å². The normalized spacial score (nSPS) is 15.2. The number of hydrogen-bond donors (Lipinski definition) is 2. The third-order valence-electron chi connectivity index (χ3n) is 5.00. The largest absolute Gasteiger partial charge is 0.419 e. The van der Waals surface area contributed by atoms with E-state index in [9.17, 15) is 4.79 Å². The third-order valence-corrected chi connectivity index (χ3v) is 5.00. The highest BCUT2D eigenvalue weighted by atomic mass is 16.3. The molecule has 1 aliphatic carbocycles. The lowest BCUT2D eigenvalue weighted by molar-refractivity contribution is 0.629. The monoisotopic (exact) mass is 349 g/mol. The minimum Gasteiger partial charge on any atom is -0.419 e. The lowest BCUT2D eigenvalue weighted by Gasteiger charge is -2.10. The molecule has 4 heterocycles. The molecule has 0 saturated heterocycles. The van der Waals surface area contributed by atoms with Gasteiger partial charge in [-0.15, -0.1) is 5.10 Å². The zero-order chi connectivity index (χ0) is 17.7. The van der Waals surface area contributed by atoms with Gasteiger partial charge in [0.25, 0.3) is 0 Å². The fourth-order valence-electron chi connectivity index (χ4n) is 3.64. The smallest absolute Gasteiger partial charge is 0.234 e. The molecular weight excluding hydrogens is 334 g/mol. The number of aromatic amines is 1. The Hall–Kier alpha value is -3.36. The molecule has 9 heteroatoms. The summed E-state index contributed by atoms with van der Waals surface area (Å²) in [6.07, 6.45) is 6.49. The van der Waals surface area contributed by atoms with Gasteiger partial charge in [0, 0.05) is 6.20 Å². The molecule has 0 bridgehead atoms. The second-order valence-electron chi connectivity index (χ2n) is 6.56. The Kier molecular flexibility index (Phi) is 3.21. The van der Waals surface area contributed by atoms with E-state index >= 15 is 0 Å². The van der Waals surface area contributed by atoms with Gasteiger partial charge < -0.3 is 10.2 Å². The van der Waals surface area contributed by atoms with Crippen molar-refractivity contribution in [3.05, 3.63) is 34.1 Å². The Morgan fingerprint density at radius 3 is 2.73 bits per heavy atom.